The Balaban J connectivity index is 1.95. The van der Waals surface area contributed by atoms with Gasteiger partial charge in [-0.2, -0.15) is 23.5 Å². The van der Waals surface area contributed by atoms with Crippen molar-refractivity contribution in [2.45, 2.75) is 35.4 Å². The van der Waals surface area contributed by atoms with Gasteiger partial charge in [-0.1, -0.05) is 6.92 Å². The summed E-state index contributed by atoms with van der Waals surface area (Å²) in [5.74, 6) is 11.8. The second-order valence-corrected chi connectivity index (χ2v) is 8.18. The number of nitrogens with one attached hydrogen (secondary N) is 1. The molecular weight excluding hydrogens is 296 g/mol. The molecule has 0 aliphatic carbocycles. The minimum atomic E-state index is 0.409. The van der Waals surface area contributed by atoms with Crippen LogP contribution in [0.1, 0.15) is 35.7 Å². The van der Waals surface area contributed by atoms with Crippen molar-refractivity contribution in [3.8, 4) is 0 Å². The first-order chi connectivity index (χ1) is 9.33. The molecule has 0 aromatic carbocycles. The van der Waals surface area contributed by atoms with Crippen molar-refractivity contribution < 1.29 is 0 Å². The van der Waals surface area contributed by atoms with Crippen LogP contribution in [0.15, 0.2) is 0 Å². The molecule has 1 saturated heterocycles. The van der Waals surface area contributed by atoms with Gasteiger partial charge >= 0.3 is 0 Å². The second-order valence-electron chi connectivity index (χ2n) is 4.60. The summed E-state index contributed by atoms with van der Waals surface area (Å²) < 4.78 is 0. The molecule has 3 N–H and O–H groups in total. The van der Waals surface area contributed by atoms with Crippen LogP contribution in [0.3, 0.4) is 0 Å². The Kier molecular flexibility index (Phi) is 4.46. The van der Waals surface area contributed by atoms with E-state index < -0.39 is 0 Å². The van der Waals surface area contributed by atoms with Gasteiger partial charge in [0, 0.05) is 33.8 Å². The zero-order valence-electron chi connectivity index (χ0n) is 10.9. The third kappa shape index (κ3) is 2.70. The first-order valence-electron chi connectivity index (χ1n) is 6.50. The fourth-order valence-electron chi connectivity index (χ4n) is 2.46. The molecule has 0 radical (unpaired) electrons. The topological polar surface area (TPSA) is 63.8 Å². The predicted molar refractivity (Wildman–Crippen MR) is 86.6 cm³/mol. The lowest BCUT2D eigenvalue weighted by Crippen LogP contribution is -2.22. The van der Waals surface area contributed by atoms with Crippen LogP contribution in [0.25, 0.3) is 0 Å². The van der Waals surface area contributed by atoms with Crippen molar-refractivity contribution in [1.29, 1.82) is 0 Å². The van der Waals surface area contributed by atoms with Gasteiger partial charge in [-0.25, -0.2) is 15.8 Å². The summed E-state index contributed by atoms with van der Waals surface area (Å²) in [5, 5.41) is 1.03. The minimum Gasteiger partial charge on any atom is -0.308 e. The summed E-state index contributed by atoms with van der Waals surface area (Å²) in [5.41, 5.74) is 5.13. The Morgan fingerprint density at radius 3 is 2.89 bits per heavy atom. The number of nitrogens with zero attached hydrogens (tertiary/aromatic N) is 2. The van der Waals surface area contributed by atoms with Crippen molar-refractivity contribution in [3.05, 3.63) is 17.1 Å². The number of hydrazine groups is 1. The Labute approximate surface area is 126 Å². The molecule has 0 spiro atoms. The second kappa shape index (κ2) is 6.11. The zero-order chi connectivity index (χ0) is 13.2. The number of nitrogen functional groups attached to an aromatic ring is 1. The molecule has 2 unspecified atom stereocenters. The summed E-state index contributed by atoms with van der Waals surface area (Å²) in [7, 11) is 0. The maximum atomic E-state index is 5.63. The molecule has 1 fully saturated rings. The number of rotatable bonds is 3. The van der Waals surface area contributed by atoms with E-state index >= 15 is 0 Å². The van der Waals surface area contributed by atoms with E-state index in [1.807, 2.05) is 23.5 Å². The lowest BCUT2D eigenvalue weighted by molar-refractivity contribution is 0.744. The summed E-state index contributed by atoms with van der Waals surface area (Å²) in [6, 6.07) is 0. The van der Waals surface area contributed by atoms with E-state index in [2.05, 4.69) is 29.1 Å². The molecule has 0 saturated carbocycles. The van der Waals surface area contributed by atoms with E-state index in [1.54, 1.807) is 0 Å². The van der Waals surface area contributed by atoms with Crippen LogP contribution in [-0.2, 0) is 11.5 Å². The van der Waals surface area contributed by atoms with E-state index in [4.69, 9.17) is 10.8 Å². The third-order valence-electron chi connectivity index (χ3n) is 3.44. The standard InChI is InChI=1S/C12H18N4S3/c1-2-9-10(19-4-3-18-9)12-14-8-6-17-5-7(8)11(15-12)16-13/h9-10H,2-6,13H2,1H3,(H,14,15,16). The highest BCUT2D eigenvalue weighted by molar-refractivity contribution is 8.06. The molecule has 0 bridgehead atoms. The van der Waals surface area contributed by atoms with Crippen LogP contribution in [0.2, 0.25) is 0 Å². The van der Waals surface area contributed by atoms with Gasteiger partial charge in [-0.05, 0) is 6.42 Å². The SMILES string of the molecule is CCC1SCCSC1c1nc2c(c(NN)n1)CSC2. The summed E-state index contributed by atoms with van der Waals surface area (Å²) >= 11 is 5.93. The molecular formula is C12H18N4S3. The average Bonchev–Trinajstić information content (AvgIpc) is 2.94. The maximum absolute atomic E-state index is 5.63. The van der Waals surface area contributed by atoms with Crippen LogP contribution >= 0.6 is 35.3 Å². The van der Waals surface area contributed by atoms with Gasteiger partial charge in [-0.3, -0.25) is 0 Å². The monoisotopic (exact) mass is 314 g/mol. The van der Waals surface area contributed by atoms with Crippen molar-refractivity contribution in [3.63, 3.8) is 0 Å². The summed E-state index contributed by atoms with van der Waals surface area (Å²) in [6.07, 6.45) is 1.17. The maximum Gasteiger partial charge on any atom is 0.148 e. The quantitative estimate of drug-likeness (QED) is 0.657. The number of nitrogens with two attached hydrogens (primary N) is 1. The lowest BCUT2D eigenvalue weighted by atomic mass is 10.2. The lowest BCUT2D eigenvalue weighted by Gasteiger charge is -2.29. The number of hydrogen-bond donors (Lipinski definition) is 2. The van der Waals surface area contributed by atoms with Crippen molar-refractivity contribution in [2.24, 2.45) is 5.84 Å². The summed E-state index contributed by atoms with van der Waals surface area (Å²) in [4.78, 5) is 9.51. The van der Waals surface area contributed by atoms with Gasteiger partial charge in [0.1, 0.15) is 11.6 Å². The van der Waals surface area contributed by atoms with Gasteiger partial charge in [0.15, 0.2) is 0 Å². The predicted octanol–water partition coefficient (Wildman–Crippen LogP) is 2.81. The molecule has 0 amide bonds. The highest BCUT2D eigenvalue weighted by Gasteiger charge is 2.30. The first kappa shape index (κ1) is 13.9. The Morgan fingerprint density at radius 1 is 1.26 bits per heavy atom. The molecule has 2 atom stereocenters. The molecule has 7 heteroatoms. The number of thioether (sulfide) groups is 3. The molecule has 1 aromatic rings. The fourth-order valence-corrected chi connectivity index (χ4v) is 6.49. The molecule has 3 rings (SSSR count). The molecule has 2 aliphatic rings. The van der Waals surface area contributed by atoms with E-state index in [1.165, 1.54) is 29.2 Å². The molecule has 3 heterocycles. The third-order valence-corrected chi connectivity index (χ3v) is 7.65. The Bertz CT molecular complexity index is 469. The van der Waals surface area contributed by atoms with Gasteiger partial charge in [0.05, 0.1) is 10.9 Å². The van der Waals surface area contributed by atoms with Crippen LogP contribution in [-0.4, -0.2) is 26.7 Å². The number of hydrogen-bond acceptors (Lipinski definition) is 7. The van der Waals surface area contributed by atoms with Crippen molar-refractivity contribution >= 4 is 41.1 Å². The number of fused-ring (bicyclic) bond motifs is 1. The molecule has 2 aliphatic heterocycles. The normalized spacial score (nSPS) is 26.2. The van der Waals surface area contributed by atoms with Gasteiger partial charge in [-0.15, -0.1) is 11.8 Å². The fraction of sp³-hybridized carbons (Fsp3) is 0.667. The zero-order valence-corrected chi connectivity index (χ0v) is 13.3. The van der Waals surface area contributed by atoms with Gasteiger partial charge < -0.3 is 5.43 Å². The highest BCUT2D eigenvalue weighted by Crippen LogP contribution is 2.44. The summed E-state index contributed by atoms with van der Waals surface area (Å²) in [6.45, 7) is 2.25. The van der Waals surface area contributed by atoms with E-state index in [-0.39, 0.29) is 0 Å². The molecule has 104 valence electrons. The van der Waals surface area contributed by atoms with E-state index in [9.17, 15) is 0 Å². The van der Waals surface area contributed by atoms with E-state index in [0.717, 1.165) is 23.1 Å². The van der Waals surface area contributed by atoms with Crippen LogP contribution < -0.4 is 11.3 Å². The molecule has 4 nitrogen and oxygen atoms in total. The Morgan fingerprint density at radius 2 is 2.11 bits per heavy atom. The minimum absolute atomic E-state index is 0.409. The van der Waals surface area contributed by atoms with Gasteiger partial charge in [0.2, 0.25) is 0 Å². The number of anilines is 1. The van der Waals surface area contributed by atoms with Crippen LogP contribution in [0, 0.1) is 0 Å². The smallest absolute Gasteiger partial charge is 0.148 e. The van der Waals surface area contributed by atoms with Crippen molar-refractivity contribution in [1.82, 2.24) is 9.97 Å². The average molecular weight is 315 g/mol. The molecule has 19 heavy (non-hydrogen) atoms. The van der Waals surface area contributed by atoms with Gasteiger partial charge in [0.25, 0.3) is 0 Å². The largest absolute Gasteiger partial charge is 0.308 e. The highest BCUT2D eigenvalue weighted by atomic mass is 32.2. The van der Waals surface area contributed by atoms with E-state index in [0.29, 0.717) is 10.5 Å². The van der Waals surface area contributed by atoms with Crippen LogP contribution in [0.5, 0.6) is 0 Å². The molecule has 1 aromatic heterocycles. The van der Waals surface area contributed by atoms with Crippen LogP contribution in [0.4, 0.5) is 5.82 Å². The first-order valence-corrected chi connectivity index (χ1v) is 9.76. The van der Waals surface area contributed by atoms with Crippen molar-refractivity contribution in [2.75, 3.05) is 16.9 Å². The number of aromatic nitrogens is 2. The Hall–Kier alpha value is -0.110.